The van der Waals surface area contributed by atoms with Crippen molar-refractivity contribution in [2.75, 3.05) is 0 Å². The monoisotopic (exact) mass is 490 g/mol. The summed E-state index contributed by atoms with van der Waals surface area (Å²) < 4.78 is 0. The fraction of sp³-hybridized carbons (Fsp3) is 0.833. The first kappa shape index (κ1) is 31.8. The topological polar surface area (TPSA) is 168 Å². The van der Waals surface area contributed by atoms with E-state index in [9.17, 15) is 29.4 Å². The van der Waals surface area contributed by atoms with Crippen LogP contribution in [-0.4, -0.2) is 56.5 Å². The zero-order chi connectivity index (χ0) is 25.6. The zero-order valence-corrected chi connectivity index (χ0v) is 20.1. The summed E-state index contributed by atoms with van der Waals surface area (Å²) in [5.74, 6) is -3.95. The molecule has 34 heavy (non-hydrogen) atoms. The van der Waals surface area contributed by atoms with Crippen LogP contribution in [0.5, 0.6) is 0 Å². The van der Waals surface area contributed by atoms with Crippen LogP contribution in [0.3, 0.4) is 0 Å². The van der Waals surface area contributed by atoms with E-state index in [0.29, 0.717) is 25.7 Å². The van der Waals surface area contributed by atoms with Crippen molar-refractivity contribution >= 4 is 23.9 Å². The maximum Gasteiger partial charge on any atom is 0.336 e. The minimum absolute atomic E-state index is 0.186. The highest BCUT2D eigenvalue weighted by atomic mass is 17.2. The lowest BCUT2D eigenvalue weighted by atomic mass is 10.1. The lowest BCUT2D eigenvalue weighted by Gasteiger charge is -2.17. The van der Waals surface area contributed by atoms with Crippen molar-refractivity contribution in [2.45, 2.75) is 128 Å². The van der Waals surface area contributed by atoms with Gasteiger partial charge in [0, 0.05) is 12.8 Å². The van der Waals surface area contributed by atoms with Gasteiger partial charge in [-0.3, -0.25) is 9.59 Å². The van der Waals surface area contributed by atoms with Gasteiger partial charge >= 0.3 is 23.9 Å². The van der Waals surface area contributed by atoms with Gasteiger partial charge in [-0.05, 0) is 25.7 Å². The SMILES string of the molecule is O=C(O)CCCCCCCCCC(OOC(CCCCCCCCCC(=O)O)C(=O)O)C(=O)O. The molecular weight excluding hydrogens is 448 g/mol. The second kappa shape index (κ2) is 21.3. The third-order valence-corrected chi connectivity index (χ3v) is 5.55. The van der Waals surface area contributed by atoms with Crippen molar-refractivity contribution < 1.29 is 49.4 Å². The smallest absolute Gasteiger partial charge is 0.336 e. The van der Waals surface area contributed by atoms with E-state index in [-0.39, 0.29) is 25.7 Å². The predicted molar refractivity (Wildman–Crippen MR) is 123 cm³/mol. The van der Waals surface area contributed by atoms with Crippen LogP contribution in [0.25, 0.3) is 0 Å². The van der Waals surface area contributed by atoms with E-state index in [4.69, 9.17) is 20.0 Å². The van der Waals surface area contributed by atoms with Crippen molar-refractivity contribution in [3.8, 4) is 0 Å². The maximum absolute atomic E-state index is 11.4. The lowest BCUT2D eigenvalue weighted by molar-refractivity contribution is -0.343. The molecule has 0 radical (unpaired) electrons. The van der Waals surface area contributed by atoms with Gasteiger partial charge in [0.05, 0.1) is 0 Å². The maximum atomic E-state index is 11.4. The van der Waals surface area contributed by atoms with Gasteiger partial charge in [-0.1, -0.05) is 77.0 Å². The molecule has 0 heterocycles. The summed E-state index contributed by atoms with van der Waals surface area (Å²) in [5.41, 5.74) is 0. The average Bonchev–Trinajstić information content (AvgIpc) is 2.76. The number of carboxylic acids is 4. The molecule has 0 aromatic carbocycles. The first-order valence-electron chi connectivity index (χ1n) is 12.4. The Labute approximate surface area is 201 Å². The fourth-order valence-electron chi connectivity index (χ4n) is 3.54. The van der Waals surface area contributed by atoms with Crippen LogP contribution < -0.4 is 0 Å². The molecule has 0 aliphatic heterocycles. The Morgan fingerprint density at radius 2 is 0.706 bits per heavy atom. The summed E-state index contributed by atoms with van der Waals surface area (Å²) in [6, 6.07) is 0. The highest BCUT2D eigenvalue weighted by Gasteiger charge is 2.25. The van der Waals surface area contributed by atoms with Gasteiger partial charge < -0.3 is 20.4 Å². The lowest BCUT2D eigenvalue weighted by Crippen LogP contribution is -2.30. The molecule has 2 unspecified atom stereocenters. The number of hydrogen-bond donors (Lipinski definition) is 4. The molecule has 0 saturated heterocycles. The Balaban J connectivity index is 3.95. The number of hydrogen-bond acceptors (Lipinski definition) is 6. The second-order valence-corrected chi connectivity index (χ2v) is 8.66. The Hall–Kier alpha value is -2.20. The summed E-state index contributed by atoms with van der Waals surface area (Å²) in [6.45, 7) is 0. The number of carbonyl (C=O) groups is 4. The summed E-state index contributed by atoms with van der Waals surface area (Å²) >= 11 is 0. The van der Waals surface area contributed by atoms with E-state index >= 15 is 0 Å². The number of aliphatic carboxylic acids is 4. The van der Waals surface area contributed by atoms with Crippen LogP contribution in [0.1, 0.15) is 116 Å². The number of rotatable bonds is 25. The van der Waals surface area contributed by atoms with E-state index in [1.165, 1.54) is 0 Å². The molecule has 10 nitrogen and oxygen atoms in total. The second-order valence-electron chi connectivity index (χ2n) is 8.66. The predicted octanol–water partition coefficient (Wildman–Crippen LogP) is 5.03. The molecule has 0 aliphatic rings. The van der Waals surface area contributed by atoms with Gasteiger partial charge in [0.1, 0.15) is 0 Å². The Morgan fingerprint density at radius 1 is 0.441 bits per heavy atom. The fourth-order valence-corrected chi connectivity index (χ4v) is 3.54. The molecule has 4 N–H and O–H groups in total. The van der Waals surface area contributed by atoms with E-state index in [0.717, 1.165) is 64.2 Å². The minimum Gasteiger partial charge on any atom is -0.481 e. The van der Waals surface area contributed by atoms with Crippen LogP contribution >= 0.6 is 0 Å². The van der Waals surface area contributed by atoms with Gasteiger partial charge in [0.15, 0.2) is 12.2 Å². The molecule has 0 bridgehead atoms. The normalized spacial score (nSPS) is 12.8. The van der Waals surface area contributed by atoms with Crippen LogP contribution in [0.4, 0.5) is 0 Å². The van der Waals surface area contributed by atoms with Crippen LogP contribution in [0, 0.1) is 0 Å². The number of carboxylic acid groups (broad SMARTS) is 4. The van der Waals surface area contributed by atoms with Crippen LogP contribution in [0.2, 0.25) is 0 Å². The molecule has 0 aromatic rings. The van der Waals surface area contributed by atoms with Crippen molar-refractivity contribution in [2.24, 2.45) is 0 Å². The standard InChI is InChI=1S/C24H42O10/c25-21(26)17-13-9-5-1-3-7-11-15-19(23(29)30)33-34-20(24(31)32)16-12-8-4-2-6-10-14-18-22(27)28/h19-20H,1-18H2,(H,25,26)(H,27,28)(H,29,30)(H,31,32). The molecule has 10 heteroatoms. The van der Waals surface area contributed by atoms with E-state index in [2.05, 4.69) is 0 Å². The summed E-state index contributed by atoms with van der Waals surface area (Å²) in [4.78, 5) is 53.6. The molecule has 0 fully saturated rings. The zero-order valence-electron chi connectivity index (χ0n) is 20.1. The number of unbranched alkanes of at least 4 members (excludes halogenated alkanes) is 12. The van der Waals surface area contributed by atoms with Crippen molar-refractivity contribution in [1.29, 1.82) is 0 Å². The highest BCUT2D eigenvalue weighted by molar-refractivity contribution is 5.73. The first-order valence-corrected chi connectivity index (χ1v) is 12.4. The van der Waals surface area contributed by atoms with Gasteiger partial charge in [-0.25, -0.2) is 19.4 Å². The molecule has 0 saturated carbocycles. The molecule has 0 amide bonds. The van der Waals surface area contributed by atoms with Crippen LogP contribution in [-0.2, 0) is 29.0 Å². The van der Waals surface area contributed by atoms with Gasteiger partial charge in [-0.15, -0.1) is 0 Å². The largest absolute Gasteiger partial charge is 0.481 e. The molecular formula is C24H42O10. The third kappa shape index (κ3) is 20.4. The van der Waals surface area contributed by atoms with E-state index in [1.54, 1.807) is 0 Å². The molecule has 0 spiro atoms. The molecule has 0 rings (SSSR count). The third-order valence-electron chi connectivity index (χ3n) is 5.55. The van der Waals surface area contributed by atoms with E-state index in [1.807, 2.05) is 0 Å². The average molecular weight is 491 g/mol. The Morgan fingerprint density at radius 3 is 0.971 bits per heavy atom. The van der Waals surface area contributed by atoms with Gasteiger partial charge in [0.25, 0.3) is 0 Å². The molecule has 198 valence electrons. The summed E-state index contributed by atoms with van der Waals surface area (Å²) in [5, 5.41) is 35.8. The van der Waals surface area contributed by atoms with Gasteiger partial charge in [0.2, 0.25) is 0 Å². The van der Waals surface area contributed by atoms with Crippen LogP contribution in [0.15, 0.2) is 0 Å². The Bertz CT molecular complexity index is 528. The van der Waals surface area contributed by atoms with E-state index < -0.39 is 36.1 Å². The van der Waals surface area contributed by atoms with Crippen molar-refractivity contribution in [1.82, 2.24) is 0 Å². The summed E-state index contributed by atoms with van der Waals surface area (Å²) in [6.07, 6.45) is 9.92. The molecule has 0 aliphatic carbocycles. The van der Waals surface area contributed by atoms with Crippen molar-refractivity contribution in [3.63, 3.8) is 0 Å². The van der Waals surface area contributed by atoms with Crippen molar-refractivity contribution in [3.05, 3.63) is 0 Å². The molecule has 2 atom stereocenters. The first-order chi connectivity index (χ1) is 16.2. The quantitative estimate of drug-likeness (QED) is 0.0773. The summed E-state index contributed by atoms with van der Waals surface area (Å²) in [7, 11) is 0. The minimum atomic E-state index is -1.22. The highest BCUT2D eigenvalue weighted by Crippen LogP contribution is 2.16. The Kier molecular flexibility index (Phi) is 20.0. The van der Waals surface area contributed by atoms with Gasteiger partial charge in [-0.2, -0.15) is 0 Å². The molecule has 0 aromatic heterocycles.